The molecule has 0 saturated heterocycles. The molecular weight excluding hydrogens is 414 g/mol. The van der Waals surface area contributed by atoms with E-state index in [1.165, 1.54) is 26.3 Å². The third-order valence-electron chi connectivity index (χ3n) is 4.79. The van der Waals surface area contributed by atoms with Gasteiger partial charge in [0.2, 0.25) is 5.89 Å². The lowest BCUT2D eigenvalue weighted by molar-refractivity contribution is -0.145. The average Bonchev–Trinajstić information content (AvgIpc) is 3.32. The number of carboxylic acid groups (broad SMARTS) is 1. The van der Waals surface area contributed by atoms with Crippen LogP contribution in [0.15, 0.2) is 26.5 Å². The van der Waals surface area contributed by atoms with Gasteiger partial charge in [0.1, 0.15) is 23.2 Å². The van der Waals surface area contributed by atoms with Crippen molar-refractivity contribution in [3.05, 3.63) is 38.9 Å². The molecule has 0 unspecified atom stereocenters. The Morgan fingerprint density at radius 2 is 2.03 bits per heavy atom. The first kappa shape index (κ1) is 21.5. The van der Waals surface area contributed by atoms with Crippen LogP contribution in [0.25, 0.3) is 21.0 Å². The quantitative estimate of drug-likeness (QED) is 0.557. The first-order valence-corrected chi connectivity index (χ1v) is 10.0. The molecule has 3 rings (SSSR count). The highest BCUT2D eigenvalue weighted by Crippen LogP contribution is 2.36. The molecule has 160 valence electrons. The largest absolute Gasteiger partial charge is 0.480 e. The van der Waals surface area contributed by atoms with Crippen LogP contribution >= 0.6 is 11.3 Å². The standard InChI is InChI=1S/C19H21N3O7S/c1-5-11(23)28-9-7-21-15(24)12-10(2)13(14-20-6-8-29-14)30-16(12)22(18(21)27)19(3,4)17(25)26/h6,8H,5,7,9H2,1-4H3,(H,25,26). The number of aromatic nitrogens is 3. The van der Waals surface area contributed by atoms with E-state index in [-0.39, 0.29) is 35.7 Å². The van der Waals surface area contributed by atoms with Crippen molar-refractivity contribution in [3.63, 3.8) is 0 Å². The fourth-order valence-electron chi connectivity index (χ4n) is 3.02. The zero-order valence-corrected chi connectivity index (χ0v) is 17.7. The first-order valence-electron chi connectivity index (χ1n) is 9.19. The van der Waals surface area contributed by atoms with E-state index in [9.17, 15) is 24.3 Å². The van der Waals surface area contributed by atoms with Gasteiger partial charge in [0.25, 0.3) is 5.56 Å². The van der Waals surface area contributed by atoms with Crippen LogP contribution in [0.5, 0.6) is 0 Å². The second-order valence-corrected chi connectivity index (χ2v) is 8.09. The summed E-state index contributed by atoms with van der Waals surface area (Å²) in [4.78, 5) is 54.5. The van der Waals surface area contributed by atoms with Crippen LogP contribution in [0.4, 0.5) is 0 Å². The second kappa shape index (κ2) is 7.90. The van der Waals surface area contributed by atoms with Crippen LogP contribution in [0.1, 0.15) is 32.8 Å². The van der Waals surface area contributed by atoms with E-state index < -0.39 is 28.7 Å². The zero-order chi connectivity index (χ0) is 22.2. The van der Waals surface area contributed by atoms with E-state index in [0.717, 1.165) is 20.5 Å². The molecule has 3 heterocycles. The number of aryl methyl sites for hydroxylation is 1. The molecule has 0 bridgehead atoms. The van der Waals surface area contributed by atoms with Crippen LogP contribution in [-0.2, 0) is 26.4 Å². The van der Waals surface area contributed by atoms with Crippen LogP contribution in [-0.4, -0.2) is 37.8 Å². The molecule has 0 atom stereocenters. The molecule has 3 aromatic heterocycles. The summed E-state index contributed by atoms with van der Waals surface area (Å²) < 4.78 is 12.3. The smallest absolute Gasteiger partial charge is 0.333 e. The number of fused-ring (bicyclic) bond motifs is 1. The number of ether oxygens (including phenoxy) is 1. The molecule has 0 aliphatic heterocycles. The summed E-state index contributed by atoms with van der Waals surface area (Å²) in [5.41, 5.74) is -2.51. The normalized spacial score (nSPS) is 11.7. The molecule has 0 amide bonds. The number of rotatable bonds is 7. The van der Waals surface area contributed by atoms with E-state index in [0.29, 0.717) is 10.4 Å². The fraction of sp³-hybridized carbons (Fsp3) is 0.421. The first-order chi connectivity index (χ1) is 14.1. The Labute approximate surface area is 174 Å². The van der Waals surface area contributed by atoms with Gasteiger partial charge in [-0.25, -0.2) is 14.6 Å². The van der Waals surface area contributed by atoms with E-state index in [2.05, 4.69) is 4.98 Å². The van der Waals surface area contributed by atoms with E-state index >= 15 is 0 Å². The van der Waals surface area contributed by atoms with Crippen LogP contribution in [0.2, 0.25) is 0 Å². The molecule has 0 aliphatic rings. The molecule has 0 spiro atoms. The fourth-order valence-corrected chi connectivity index (χ4v) is 4.39. The van der Waals surface area contributed by atoms with Crippen molar-refractivity contribution in [2.45, 2.75) is 46.2 Å². The van der Waals surface area contributed by atoms with Crippen LogP contribution < -0.4 is 11.2 Å². The SMILES string of the molecule is CCC(=O)OCCn1c(=O)c2c(C)c(-c3ncco3)sc2n(C(C)(C)C(=O)O)c1=O. The van der Waals surface area contributed by atoms with E-state index in [1.54, 1.807) is 13.8 Å². The van der Waals surface area contributed by atoms with Gasteiger partial charge in [0.15, 0.2) is 0 Å². The summed E-state index contributed by atoms with van der Waals surface area (Å²) in [6, 6.07) is 0. The number of carbonyl (C=O) groups excluding carboxylic acids is 1. The number of carbonyl (C=O) groups is 2. The Hall–Kier alpha value is -3.21. The minimum atomic E-state index is -1.64. The number of oxazole rings is 1. The van der Waals surface area contributed by atoms with Gasteiger partial charge >= 0.3 is 17.6 Å². The van der Waals surface area contributed by atoms with E-state index in [4.69, 9.17) is 9.15 Å². The van der Waals surface area contributed by atoms with Crippen molar-refractivity contribution >= 4 is 33.5 Å². The Kier molecular flexibility index (Phi) is 5.66. The third-order valence-corrected chi connectivity index (χ3v) is 6.05. The lowest BCUT2D eigenvalue weighted by Crippen LogP contribution is -2.49. The predicted molar refractivity (Wildman–Crippen MR) is 109 cm³/mol. The van der Waals surface area contributed by atoms with Gasteiger partial charge in [0, 0.05) is 6.42 Å². The number of aliphatic carboxylic acids is 1. The highest BCUT2D eigenvalue weighted by atomic mass is 32.1. The van der Waals surface area contributed by atoms with Crippen molar-refractivity contribution in [2.24, 2.45) is 0 Å². The van der Waals surface area contributed by atoms with Crippen LogP contribution in [0, 0.1) is 6.92 Å². The summed E-state index contributed by atoms with van der Waals surface area (Å²) in [6.07, 6.45) is 2.99. The molecule has 3 aromatic rings. The van der Waals surface area contributed by atoms with Gasteiger partial charge in [-0.2, -0.15) is 0 Å². The molecule has 0 radical (unpaired) electrons. The van der Waals surface area contributed by atoms with Gasteiger partial charge in [-0.1, -0.05) is 6.92 Å². The van der Waals surface area contributed by atoms with Gasteiger partial charge < -0.3 is 14.3 Å². The molecule has 0 aliphatic carbocycles. The summed E-state index contributed by atoms with van der Waals surface area (Å²) in [6.45, 7) is 5.69. The number of hydrogen-bond donors (Lipinski definition) is 1. The Morgan fingerprint density at radius 3 is 2.60 bits per heavy atom. The number of nitrogens with zero attached hydrogens (tertiary/aromatic N) is 3. The molecule has 1 N–H and O–H groups in total. The topological polar surface area (TPSA) is 134 Å². The Morgan fingerprint density at radius 1 is 1.33 bits per heavy atom. The Bertz CT molecular complexity index is 1230. The van der Waals surface area contributed by atoms with Gasteiger partial charge in [-0.3, -0.25) is 18.7 Å². The Balaban J connectivity index is 2.32. The number of esters is 1. The maximum Gasteiger partial charge on any atom is 0.333 e. The van der Waals surface area contributed by atoms with Crippen molar-refractivity contribution in [2.75, 3.05) is 6.61 Å². The van der Waals surface area contributed by atoms with Crippen molar-refractivity contribution in [3.8, 4) is 10.8 Å². The van der Waals surface area contributed by atoms with Crippen molar-refractivity contribution < 1.29 is 23.8 Å². The second-order valence-electron chi connectivity index (χ2n) is 7.09. The minimum absolute atomic E-state index is 0.160. The molecule has 0 fully saturated rings. The van der Waals surface area contributed by atoms with Gasteiger partial charge in [0.05, 0.1) is 23.0 Å². The van der Waals surface area contributed by atoms with Gasteiger partial charge in [-0.05, 0) is 26.3 Å². The highest BCUT2D eigenvalue weighted by molar-refractivity contribution is 7.22. The lowest BCUT2D eigenvalue weighted by Gasteiger charge is -2.24. The maximum atomic E-state index is 13.2. The highest BCUT2D eigenvalue weighted by Gasteiger charge is 2.35. The number of carboxylic acids is 1. The zero-order valence-electron chi connectivity index (χ0n) is 16.9. The molecular formula is C19H21N3O7S. The molecule has 10 nitrogen and oxygen atoms in total. The molecule has 0 aromatic carbocycles. The molecule has 30 heavy (non-hydrogen) atoms. The monoisotopic (exact) mass is 435 g/mol. The van der Waals surface area contributed by atoms with E-state index in [1.807, 2.05) is 0 Å². The summed E-state index contributed by atoms with van der Waals surface area (Å²) in [5, 5.41) is 9.94. The average molecular weight is 435 g/mol. The summed E-state index contributed by atoms with van der Waals surface area (Å²) in [7, 11) is 0. The van der Waals surface area contributed by atoms with Crippen molar-refractivity contribution in [1.29, 1.82) is 0 Å². The minimum Gasteiger partial charge on any atom is -0.480 e. The molecule has 11 heteroatoms. The predicted octanol–water partition coefficient (Wildman–Crippen LogP) is 1.96. The number of thiophene rings is 1. The number of hydrogen-bond acceptors (Lipinski definition) is 8. The third kappa shape index (κ3) is 3.45. The maximum absolute atomic E-state index is 13.2. The lowest BCUT2D eigenvalue weighted by atomic mass is 10.1. The van der Waals surface area contributed by atoms with Crippen LogP contribution in [0.3, 0.4) is 0 Å². The van der Waals surface area contributed by atoms with Gasteiger partial charge in [-0.15, -0.1) is 11.3 Å². The van der Waals surface area contributed by atoms with Crippen molar-refractivity contribution in [1.82, 2.24) is 14.1 Å². The molecule has 0 saturated carbocycles. The summed E-state index contributed by atoms with van der Waals surface area (Å²) >= 11 is 1.07. The summed E-state index contributed by atoms with van der Waals surface area (Å²) in [5.74, 6) is -1.44.